The molecule has 0 spiro atoms. The second kappa shape index (κ2) is 17.1. The van der Waals surface area contributed by atoms with Gasteiger partial charge < -0.3 is 29.0 Å². The van der Waals surface area contributed by atoms with E-state index in [4.69, 9.17) is 23.7 Å². The van der Waals surface area contributed by atoms with Gasteiger partial charge in [0.15, 0.2) is 12.2 Å². The normalized spacial score (nSPS) is 22.5. The van der Waals surface area contributed by atoms with Gasteiger partial charge in [-0.3, -0.25) is 19.2 Å². The zero-order valence-electron chi connectivity index (χ0n) is 23.4. The summed E-state index contributed by atoms with van der Waals surface area (Å²) in [7, 11) is 0. The smallest absolute Gasteiger partial charge is 0.303 e. The van der Waals surface area contributed by atoms with Gasteiger partial charge in [-0.05, 0) is 31.1 Å². The summed E-state index contributed by atoms with van der Waals surface area (Å²) >= 11 is 1.46. The Morgan fingerprint density at radius 1 is 0.872 bits per heavy atom. The Hall–Kier alpha value is -2.63. The van der Waals surface area contributed by atoms with Crippen molar-refractivity contribution in [1.82, 2.24) is 5.32 Å². The zero-order chi connectivity index (χ0) is 28.8. The number of carbonyl (C=O) groups is 4. The fourth-order valence-corrected chi connectivity index (χ4v) is 5.42. The van der Waals surface area contributed by atoms with Crippen LogP contribution in [0.25, 0.3) is 0 Å². The molecular weight excluding hydrogens is 526 g/mol. The molecule has 0 saturated carbocycles. The number of esters is 3. The molecule has 1 fully saturated rings. The van der Waals surface area contributed by atoms with Gasteiger partial charge in [-0.2, -0.15) is 0 Å². The Bertz CT molecular complexity index is 939. The van der Waals surface area contributed by atoms with E-state index < -0.39 is 47.7 Å². The quantitative estimate of drug-likeness (QED) is 0.191. The number of carbonyl (C=O) groups excluding carboxylic acids is 4. The molecule has 0 bridgehead atoms. The van der Waals surface area contributed by atoms with E-state index in [9.17, 15) is 19.2 Å². The van der Waals surface area contributed by atoms with Crippen molar-refractivity contribution < 1.29 is 42.9 Å². The molecule has 0 aliphatic carbocycles. The molecule has 39 heavy (non-hydrogen) atoms. The van der Waals surface area contributed by atoms with Gasteiger partial charge in [0.2, 0.25) is 5.91 Å². The van der Waals surface area contributed by atoms with Crippen molar-refractivity contribution in [2.75, 3.05) is 19.0 Å². The molecule has 1 aliphatic heterocycles. The lowest BCUT2D eigenvalue weighted by atomic mass is 9.97. The lowest BCUT2D eigenvalue weighted by molar-refractivity contribution is -0.211. The Morgan fingerprint density at radius 2 is 1.51 bits per heavy atom. The van der Waals surface area contributed by atoms with Crippen LogP contribution in [0.3, 0.4) is 0 Å². The topological polar surface area (TPSA) is 126 Å². The SMILES string of the molecule is CC(=O)NC1C(SCCCCCCOCc2ccc(C)cc2)OC(COC(C)=O)C(OC(C)=O)C1OC(C)=O. The molecule has 0 aromatic heterocycles. The van der Waals surface area contributed by atoms with E-state index in [1.54, 1.807) is 0 Å². The van der Waals surface area contributed by atoms with Crippen molar-refractivity contribution in [3.05, 3.63) is 35.4 Å². The van der Waals surface area contributed by atoms with Crippen LogP contribution < -0.4 is 5.32 Å². The lowest BCUT2D eigenvalue weighted by Crippen LogP contribution is -2.65. The number of hydrogen-bond donors (Lipinski definition) is 1. The number of aryl methyl sites for hydroxylation is 1. The third kappa shape index (κ3) is 12.4. The fraction of sp³-hybridized carbons (Fsp3) is 0.643. The number of benzene rings is 1. The van der Waals surface area contributed by atoms with Gasteiger partial charge in [-0.25, -0.2) is 0 Å². The first-order valence-electron chi connectivity index (χ1n) is 13.2. The maximum Gasteiger partial charge on any atom is 0.303 e. The first kappa shape index (κ1) is 32.6. The number of ether oxygens (including phenoxy) is 5. The van der Waals surface area contributed by atoms with Crippen LogP contribution >= 0.6 is 11.8 Å². The molecular formula is C28H41NO9S. The minimum atomic E-state index is -1.07. The summed E-state index contributed by atoms with van der Waals surface area (Å²) < 4.78 is 28.0. The van der Waals surface area contributed by atoms with Gasteiger partial charge in [-0.1, -0.05) is 42.7 Å². The molecule has 2 rings (SSSR count). The van der Waals surface area contributed by atoms with Crippen LogP contribution in [0, 0.1) is 6.92 Å². The first-order chi connectivity index (χ1) is 18.6. The monoisotopic (exact) mass is 567 g/mol. The molecule has 11 heteroatoms. The van der Waals surface area contributed by atoms with Crippen LogP contribution in [-0.2, 0) is 49.5 Å². The van der Waals surface area contributed by atoms with E-state index in [-0.39, 0.29) is 12.5 Å². The molecule has 0 radical (unpaired) electrons. The van der Waals surface area contributed by atoms with Crippen molar-refractivity contribution >= 4 is 35.6 Å². The summed E-state index contributed by atoms with van der Waals surface area (Å²) in [4.78, 5) is 47.2. The summed E-state index contributed by atoms with van der Waals surface area (Å²) in [6, 6.07) is 7.53. The van der Waals surface area contributed by atoms with E-state index >= 15 is 0 Å². The maximum atomic E-state index is 12.0. The highest BCUT2D eigenvalue weighted by molar-refractivity contribution is 7.99. The van der Waals surface area contributed by atoms with Crippen molar-refractivity contribution in [1.29, 1.82) is 0 Å². The van der Waals surface area contributed by atoms with Crippen molar-refractivity contribution in [3.8, 4) is 0 Å². The summed E-state index contributed by atoms with van der Waals surface area (Å²) in [6.07, 6.45) is 0.874. The van der Waals surface area contributed by atoms with Crippen LogP contribution in [0.15, 0.2) is 24.3 Å². The minimum Gasteiger partial charge on any atom is -0.463 e. The van der Waals surface area contributed by atoms with Crippen molar-refractivity contribution in [2.45, 2.75) is 96.7 Å². The van der Waals surface area contributed by atoms with Gasteiger partial charge >= 0.3 is 17.9 Å². The average molecular weight is 568 g/mol. The van der Waals surface area contributed by atoms with Gasteiger partial charge in [-0.15, -0.1) is 11.8 Å². The summed E-state index contributed by atoms with van der Waals surface area (Å²) in [5, 5.41) is 2.79. The largest absolute Gasteiger partial charge is 0.463 e. The molecule has 5 atom stereocenters. The fourth-order valence-electron chi connectivity index (χ4n) is 4.17. The van der Waals surface area contributed by atoms with Crippen LogP contribution in [0.4, 0.5) is 0 Å². The highest BCUT2D eigenvalue weighted by Gasteiger charge is 2.50. The maximum absolute atomic E-state index is 12.0. The van der Waals surface area contributed by atoms with Crippen LogP contribution in [0.2, 0.25) is 0 Å². The summed E-state index contributed by atoms with van der Waals surface area (Å²) in [5.74, 6) is -1.38. The number of nitrogens with one attached hydrogen (secondary N) is 1. The van der Waals surface area contributed by atoms with Gasteiger partial charge in [0.05, 0.1) is 6.61 Å². The first-order valence-corrected chi connectivity index (χ1v) is 14.3. The molecule has 10 nitrogen and oxygen atoms in total. The van der Waals surface area contributed by atoms with Crippen LogP contribution in [-0.4, -0.2) is 72.6 Å². The van der Waals surface area contributed by atoms with E-state index in [1.165, 1.54) is 45.0 Å². The Balaban J connectivity index is 1.91. The molecule has 1 aliphatic rings. The van der Waals surface area contributed by atoms with E-state index in [1.807, 2.05) is 0 Å². The third-order valence-electron chi connectivity index (χ3n) is 5.93. The van der Waals surface area contributed by atoms with Crippen LogP contribution in [0.1, 0.15) is 64.5 Å². The number of unbranched alkanes of at least 4 members (excludes halogenated alkanes) is 3. The Morgan fingerprint density at radius 3 is 2.13 bits per heavy atom. The zero-order valence-corrected chi connectivity index (χ0v) is 24.3. The molecule has 5 unspecified atom stereocenters. The predicted octanol–water partition coefficient (Wildman–Crippen LogP) is 3.46. The van der Waals surface area contributed by atoms with Crippen molar-refractivity contribution in [3.63, 3.8) is 0 Å². The molecule has 218 valence electrons. The van der Waals surface area contributed by atoms with E-state index in [2.05, 4.69) is 36.5 Å². The summed E-state index contributed by atoms with van der Waals surface area (Å²) in [5.41, 5.74) is 1.77. The number of rotatable bonds is 15. The number of thioether (sulfide) groups is 1. The van der Waals surface area contributed by atoms with Gasteiger partial charge in [0.1, 0.15) is 24.2 Å². The van der Waals surface area contributed by atoms with Crippen LogP contribution in [0.5, 0.6) is 0 Å². The molecule has 1 aromatic carbocycles. The summed E-state index contributed by atoms with van der Waals surface area (Å²) in [6.45, 7) is 8.21. The molecule has 1 heterocycles. The highest BCUT2D eigenvalue weighted by atomic mass is 32.2. The van der Waals surface area contributed by atoms with E-state index in [0.29, 0.717) is 13.2 Å². The van der Waals surface area contributed by atoms with Gasteiger partial charge in [0, 0.05) is 34.3 Å². The number of amides is 1. The van der Waals surface area contributed by atoms with E-state index in [0.717, 1.165) is 37.0 Å². The second-order valence-electron chi connectivity index (χ2n) is 9.54. The molecule has 1 saturated heterocycles. The van der Waals surface area contributed by atoms with Gasteiger partial charge in [0.25, 0.3) is 0 Å². The predicted molar refractivity (Wildman–Crippen MR) is 146 cm³/mol. The average Bonchev–Trinajstić information content (AvgIpc) is 2.85. The Labute approximate surface area is 234 Å². The molecule has 1 N–H and O–H groups in total. The minimum absolute atomic E-state index is 0.197. The highest BCUT2D eigenvalue weighted by Crippen LogP contribution is 2.33. The third-order valence-corrected chi connectivity index (χ3v) is 7.18. The Kier molecular flexibility index (Phi) is 14.3. The molecule has 1 aromatic rings. The lowest BCUT2D eigenvalue weighted by Gasteiger charge is -2.45. The van der Waals surface area contributed by atoms with Crippen molar-refractivity contribution in [2.24, 2.45) is 0 Å². The molecule has 1 amide bonds. The second-order valence-corrected chi connectivity index (χ2v) is 10.7. The standard InChI is InChI=1S/C28H41NO9S/c1-18-10-12-23(13-11-18)16-34-14-8-6-7-9-15-39-28-25(29-19(2)30)27(37-22(5)33)26(36-21(4)32)24(38-28)17-35-20(3)31/h10-13,24-28H,6-9,14-17H2,1-5H3,(H,29,30). The number of hydrogen-bond acceptors (Lipinski definition) is 10.